The topological polar surface area (TPSA) is 147 Å². The number of rotatable bonds is 9. The molecule has 2 amide bonds. The van der Waals surface area contributed by atoms with E-state index in [-0.39, 0.29) is 18.4 Å². The fourth-order valence-electron chi connectivity index (χ4n) is 6.54. The zero-order chi connectivity index (χ0) is 33.1. The standard InChI is InChI=1S/C35H37N9O4/c1-2-48-35(34(46)38-27-6-9-30-29(22-27)32(40-39-30)25-10-15-44(47)16-11-25)12-17-41(24-35)23-31(45)43-20-18-42(19-21-43)28-7-4-26(5-8-28)33-36-13-3-14-37-33/h3-11,13-16,22H,2,12,17-21,23-24H2,1H3,(H,38,46)(H,39,40)/t35-/m0/s1. The average Bonchev–Trinajstić information content (AvgIpc) is 3.74. The number of piperazine rings is 1. The quantitative estimate of drug-likeness (QED) is 0.182. The van der Waals surface area contributed by atoms with Gasteiger partial charge in [0.25, 0.3) is 5.91 Å². The van der Waals surface area contributed by atoms with Gasteiger partial charge in [0.2, 0.25) is 5.91 Å². The summed E-state index contributed by atoms with van der Waals surface area (Å²) < 4.78 is 6.84. The van der Waals surface area contributed by atoms with Crippen molar-refractivity contribution in [2.45, 2.75) is 18.9 Å². The third-order valence-corrected chi connectivity index (χ3v) is 9.09. The van der Waals surface area contributed by atoms with Gasteiger partial charge in [0.1, 0.15) is 5.69 Å². The predicted octanol–water partition coefficient (Wildman–Crippen LogP) is 3.09. The number of nitrogens with zero attached hydrogens (tertiary/aromatic N) is 7. The Morgan fingerprint density at radius 3 is 2.46 bits per heavy atom. The Kier molecular flexibility index (Phi) is 8.70. The van der Waals surface area contributed by atoms with Gasteiger partial charge in [0, 0.05) is 98.3 Å². The fraction of sp³-hybridized carbons (Fsp3) is 0.314. The van der Waals surface area contributed by atoms with Crippen LogP contribution < -0.4 is 14.9 Å². The molecule has 2 aliphatic heterocycles. The number of H-pyrrole nitrogens is 1. The van der Waals surface area contributed by atoms with Crippen LogP contribution in [0.25, 0.3) is 33.5 Å². The summed E-state index contributed by atoms with van der Waals surface area (Å²) in [6.07, 6.45) is 6.80. The Morgan fingerprint density at radius 1 is 0.979 bits per heavy atom. The average molecular weight is 648 g/mol. The van der Waals surface area contributed by atoms with Crippen LogP contribution in [0, 0.1) is 5.21 Å². The van der Waals surface area contributed by atoms with Gasteiger partial charge in [-0.15, -0.1) is 0 Å². The number of carbonyl (C=O) groups excluding carboxylic acids is 2. The van der Waals surface area contributed by atoms with Gasteiger partial charge >= 0.3 is 0 Å². The minimum absolute atomic E-state index is 0.0558. The number of carbonyl (C=O) groups is 2. The molecule has 0 aliphatic carbocycles. The van der Waals surface area contributed by atoms with Crippen molar-refractivity contribution in [1.29, 1.82) is 0 Å². The van der Waals surface area contributed by atoms with Crippen molar-refractivity contribution in [3.63, 3.8) is 0 Å². The van der Waals surface area contributed by atoms with E-state index in [1.165, 1.54) is 12.4 Å². The molecule has 246 valence electrons. The molecule has 0 saturated carbocycles. The number of nitrogens with one attached hydrogen (secondary N) is 2. The molecule has 2 aliphatic rings. The first-order chi connectivity index (χ1) is 23.4. The number of pyridine rings is 1. The van der Waals surface area contributed by atoms with Gasteiger partial charge < -0.3 is 25.1 Å². The molecule has 0 radical (unpaired) electrons. The van der Waals surface area contributed by atoms with Gasteiger partial charge in [0.15, 0.2) is 23.8 Å². The first-order valence-corrected chi connectivity index (χ1v) is 16.2. The highest BCUT2D eigenvalue weighted by Crippen LogP contribution is 2.31. The van der Waals surface area contributed by atoms with Gasteiger partial charge in [-0.1, -0.05) is 0 Å². The number of hydrogen-bond acceptors (Lipinski definition) is 9. The predicted molar refractivity (Wildman–Crippen MR) is 181 cm³/mol. The molecule has 5 aromatic rings. The monoisotopic (exact) mass is 647 g/mol. The molecule has 3 aromatic heterocycles. The molecular formula is C35H37N9O4. The second kappa shape index (κ2) is 13.4. The zero-order valence-corrected chi connectivity index (χ0v) is 26.7. The normalized spacial score (nSPS) is 18.4. The summed E-state index contributed by atoms with van der Waals surface area (Å²) in [4.78, 5) is 42.0. The van der Waals surface area contributed by atoms with Crippen LogP contribution in [0.15, 0.2) is 85.5 Å². The number of aromatic nitrogens is 5. The number of hydrogen-bond donors (Lipinski definition) is 2. The zero-order valence-electron chi connectivity index (χ0n) is 26.7. The van der Waals surface area contributed by atoms with E-state index in [0.29, 0.717) is 56.4 Å². The Labute approximate surface area is 277 Å². The van der Waals surface area contributed by atoms with Crippen molar-refractivity contribution in [3.8, 4) is 22.6 Å². The van der Waals surface area contributed by atoms with E-state index in [1.807, 2.05) is 47.1 Å². The summed E-state index contributed by atoms with van der Waals surface area (Å²) in [7, 11) is 0. The molecule has 0 bridgehead atoms. The minimum atomic E-state index is -1.07. The molecule has 2 fully saturated rings. The lowest BCUT2D eigenvalue weighted by molar-refractivity contribution is -0.605. The molecule has 2 saturated heterocycles. The Bertz CT molecular complexity index is 1890. The first-order valence-electron chi connectivity index (χ1n) is 16.2. The van der Waals surface area contributed by atoms with Crippen LogP contribution >= 0.6 is 0 Å². The molecule has 13 heteroatoms. The van der Waals surface area contributed by atoms with Crippen molar-refractivity contribution in [1.82, 2.24) is 30.0 Å². The maximum absolute atomic E-state index is 13.8. The second-order valence-electron chi connectivity index (χ2n) is 12.1. The number of aromatic amines is 1. The highest BCUT2D eigenvalue weighted by molar-refractivity contribution is 6.01. The first kappa shape index (κ1) is 31.2. The highest BCUT2D eigenvalue weighted by atomic mass is 16.5. The van der Waals surface area contributed by atoms with Crippen LogP contribution in [0.2, 0.25) is 0 Å². The van der Waals surface area contributed by atoms with Crippen molar-refractivity contribution >= 4 is 34.1 Å². The van der Waals surface area contributed by atoms with Crippen LogP contribution in [0.1, 0.15) is 13.3 Å². The van der Waals surface area contributed by atoms with Gasteiger partial charge in [-0.25, -0.2) is 9.97 Å². The van der Waals surface area contributed by atoms with Gasteiger partial charge in [-0.3, -0.25) is 19.6 Å². The smallest absolute Gasteiger partial charge is 0.258 e. The van der Waals surface area contributed by atoms with Crippen molar-refractivity contribution in [3.05, 3.63) is 90.7 Å². The van der Waals surface area contributed by atoms with Crippen LogP contribution in [0.3, 0.4) is 0 Å². The van der Waals surface area contributed by atoms with Crippen LogP contribution in [0.4, 0.5) is 11.4 Å². The molecule has 5 heterocycles. The molecule has 0 spiro atoms. The number of ether oxygens (including phenoxy) is 1. The van der Waals surface area contributed by atoms with Crippen molar-refractivity contribution < 1.29 is 19.1 Å². The van der Waals surface area contributed by atoms with Gasteiger partial charge in [0.05, 0.1) is 12.1 Å². The summed E-state index contributed by atoms with van der Waals surface area (Å²) in [5.74, 6) is 0.510. The molecule has 48 heavy (non-hydrogen) atoms. The lowest BCUT2D eigenvalue weighted by atomic mass is 10.0. The number of amides is 2. The number of benzene rings is 2. The molecule has 2 N–H and O–H groups in total. The summed E-state index contributed by atoms with van der Waals surface area (Å²) in [6, 6.07) is 19.0. The molecule has 2 aromatic carbocycles. The number of fused-ring (bicyclic) bond motifs is 1. The van der Waals surface area contributed by atoms with Crippen LogP contribution in [-0.2, 0) is 14.3 Å². The maximum atomic E-state index is 13.8. The van der Waals surface area contributed by atoms with E-state index in [0.717, 1.165) is 45.5 Å². The lowest BCUT2D eigenvalue weighted by Gasteiger charge is -2.37. The van der Waals surface area contributed by atoms with Crippen LogP contribution in [-0.4, -0.2) is 99.8 Å². The van der Waals surface area contributed by atoms with E-state index >= 15 is 0 Å². The third kappa shape index (κ3) is 6.42. The maximum Gasteiger partial charge on any atom is 0.258 e. The number of likely N-dealkylation sites (tertiary alicyclic amines) is 1. The van der Waals surface area contributed by atoms with E-state index in [9.17, 15) is 14.8 Å². The minimum Gasteiger partial charge on any atom is -0.619 e. The summed E-state index contributed by atoms with van der Waals surface area (Å²) in [6.45, 7) is 6.13. The second-order valence-corrected chi connectivity index (χ2v) is 12.1. The molecule has 7 rings (SSSR count). The molecule has 13 nitrogen and oxygen atoms in total. The largest absolute Gasteiger partial charge is 0.619 e. The van der Waals surface area contributed by atoms with Crippen LogP contribution in [0.5, 0.6) is 0 Å². The summed E-state index contributed by atoms with van der Waals surface area (Å²) >= 11 is 0. The highest BCUT2D eigenvalue weighted by Gasteiger charge is 2.46. The summed E-state index contributed by atoms with van der Waals surface area (Å²) in [5.41, 5.74) is 3.89. The SMILES string of the molecule is CCO[C@@]1(C(=O)Nc2ccc3[nH]nc(-c4cc[n+]([O-])cc4)c3c2)CCN(CC(=O)N2CCN(c3ccc(-c4ncccn4)cc3)CC2)C1. The summed E-state index contributed by atoms with van der Waals surface area (Å²) in [5, 5.41) is 22.8. The van der Waals surface area contributed by atoms with E-state index < -0.39 is 5.60 Å². The Morgan fingerprint density at radius 2 is 1.73 bits per heavy atom. The Balaban J connectivity index is 0.953. The van der Waals surface area contributed by atoms with Gasteiger partial charge in [-0.05, 0) is 61.9 Å². The lowest BCUT2D eigenvalue weighted by Crippen LogP contribution is -2.52. The van der Waals surface area contributed by atoms with Crippen molar-refractivity contribution in [2.75, 3.05) is 62.6 Å². The molecule has 0 unspecified atom stereocenters. The Hall–Kier alpha value is -5.40. The van der Waals surface area contributed by atoms with Gasteiger partial charge in [-0.2, -0.15) is 9.83 Å². The number of anilines is 2. The van der Waals surface area contributed by atoms with E-state index in [2.05, 4.69) is 42.5 Å². The van der Waals surface area contributed by atoms with Crippen molar-refractivity contribution in [2.24, 2.45) is 0 Å². The van der Waals surface area contributed by atoms with E-state index in [1.54, 1.807) is 30.6 Å². The molecule has 1 atom stereocenters. The van der Waals surface area contributed by atoms with E-state index in [4.69, 9.17) is 4.74 Å². The molecular weight excluding hydrogens is 610 g/mol. The third-order valence-electron chi connectivity index (χ3n) is 9.09. The fourth-order valence-corrected chi connectivity index (χ4v) is 6.54.